The number of alkyl halides is 2. The summed E-state index contributed by atoms with van der Waals surface area (Å²) in [7, 11) is 0. The molecule has 0 spiro atoms. The third-order valence-corrected chi connectivity index (χ3v) is 3.49. The maximum Gasteiger partial charge on any atom is 0.313 e. The van der Waals surface area contributed by atoms with E-state index in [9.17, 15) is 9.59 Å². The number of halogens is 4. The van der Waals surface area contributed by atoms with Gasteiger partial charge >= 0.3 is 11.9 Å². The van der Waals surface area contributed by atoms with E-state index in [4.69, 9.17) is 55.9 Å². The van der Waals surface area contributed by atoms with Gasteiger partial charge in [0.25, 0.3) is 0 Å². The van der Waals surface area contributed by atoms with E-state index in [1.807, 2.05) is 0 Å². The summed E-state index contributed by atoms with van der Waals surface area (Å²) in [6.45, 7) is 10.4. The zero-order valence-electron chi connectivity index (χ0n) is 14.7. The van der Waals surface area contributed by atoms with Gasteiger partial charge in [0.05, 0.1) is 12.3 Å². The van der Waals surface area contributed by atoms with Crippen molar-refractivity contribution in [2.24, 2.45) is 11.8 Å². The van der Waals surface area contributed by atoms with E-state index in [-0.39, 0.29) is 10.9 Å². The second-order valence-electron chi connectivity index (χ2n) is 7.30. The molecule has 0 unspecified atom stereocenters. The maximum absolute atomic E-state index is 12.5. The van der Waals surface area contributed by atoms with E-state index in [0.29, 0.717) is 0 Å². The van der Waals surface area contributed by atoms with E-state index in [1.54, 1.807) is 41.5 Å². The fraction of sp³-hybridized carbons (Fsp3) is 0.750. The van der Waals surface area contributed by atoms with Crippen molar-refractivity contribution in [3.8, 4) is 0 Å². The lowest BCUT2D eigenvalue weighted by atomic mass is 9.90. The molecule has 4 nitrogen and oxygen atoms in total. The summed E-state index contributed by atoms with van der Waals surface area (Å²) in [5.41, 5.74) is -1.40. The fourth-order valence-electron chi connectivity index (χ4n) is 1.82. The molecule has 0 radical (unpaired) electrons. The Morgan fingerprint density at radius 1 is 0.958 bits per heavy atom. The first-order chi connectivity index (χ1) is 10.6. The smallest absolute Gasteiger partial charge is 0.313 e. The average Bonchev–Trinajstić information content (AvgIpc) is 2.28. The highest BCUT2D eigenvalue weighted by Crippen LogP contribution is 2.32. The molecule has 0 fully saturated rings. The number of hydrogen-bond acceptors (Lipinski definition) is 4. The van der Waals surface area contributed by atoms with Gasteiger partial charge in [0.15, 0.2) is 0 Å². The molecule has 0 aliphatic rings. The van der Waals surface area contributed by atoms with Gasteiger partial charge in [0.2, 0.25) is 0 Å². The minimum atomic E-state index is -1.03. The predicted molar refractivity (Wildman–Crippen MR) is 98.6 cm³/mol. The third kappa shape index (κ3) is 10.7. The Bertz CT molecular complexity index is 471. The first-order valence-corrected chi connectivity index (χ1v) is 9.01. The van der Waals surface area contributed by atoms with Gasteiger partial charge in [-0.25, -0.2) is 0 Å². The molecule has 0 heterocycles. The molecule has 0 saturated carbocycles. The Hall–Kier alpha value is -0.160. The van der Waals surface area contributed by atoms with Crippen molar-refractivity contribution in [3.05, 3.63) is 10.6 Å². The molecule has 0 aromatic carbocycles. The van der Waals surface area contributed by atoms with Crippen molar-refractivity contribution in [1.29, 1.82) is 0 Å². The van der Waals surface area contributed by atoms with Crippen molar-refractivity contribution >= 4 is 58.3 Å². The zero-order valence-corrected chi connectivity index (χ0v) is 17.7. The first kappa shape index (κ1) is 23.8. The van der Waals surface area contributed by atoms with Crippen LogP contribution in [-0.2, 0) is 19.1 Å². The van der Waals surface area contributed by atoms with Crippen molar-refractivity contribution in [3.63, 3.8) is 0 Å². The highest BCUT2D eigenvalue weighted by atomic mass is 35.5. The van der Waals surface area contributed by atoms with Gasteiger partial charge in [-0.2, -0.15) is 0 Å². The molecular formula is C16H24Cl4O4. The number of esters is 2. The summed E-state index contributed by atoms with van der Waals surface area (Å²) in [6.07, 6.45) is 1.08. The molecule has 0 aliphatic carbocycles. The molecule has 2 atom stereocenters. The molecule has 140 valence electrons. The number of carbonyl (C=O) groups is 2. The van der Waals surface area contributed by atoms with E-state index < -0.39 is 39.8 Å². The van der Waals surface area contributed by atoms with Crippen LogP contribution in [0.2, 0.25) is 0 Å². The summed E-state index contributed by atoms with van der Waals surface area (Å²) < 4.78 is 10.5. The Balaban J connectivity index is 5.45. The quantitative estimate of drug-likeness (QED) is 0.424. The van der Waals surface area contributed by atoms with Gasteiger partial charge in [0.1, 0.15) is 20.5 Å². The van der Waals surface area contributed by atoms with Crippen LogP contribution in [0.5, 0.6) is 0 Å². The number of ether oxygens (including phenoxy) is 2. The Kier molecular flexibility index (Phi) is 9.45. The molecule has 0 N–H and O–H groups in total. The third-order valence-electron chi connectivity index (χ3n) is 2.59. The molecule has 0 aromatic rings. The van der Waals surface area contributed by atoms with E-state index in [0.717, 1.165) is 0 Å². The van der Waals surface area contributed by atoms with E-state index >= 15 is 0 Å². The van der Waals surface area contributed by atoms with Crippen LogP contribution in [0.4, 0.5) is 0 Å². The SMILES string of the molecule is CC(C)(C)OC(=O)C[C@H](C(Cl)Cl)[C@H](C=C(Cl)Cl)C(=O)OC(C)(C)C. The average molecular weight is 422 g/mol. The van der Waals surface area contributed by atoms with Crippen LogP contribution < -0.4 is 0 Å². The summed E-state index contributed by atoms with van der Waals surface area (Å²) in [4.78, 5) is 23.5. The maximum atomic E-state index is 12.5. The Morgan fingerprint density at radius 3 is 1.75 bits per heavy atom. The number of rotatable bonds is 6. The minimum Gasteiger partial charge on any atom is -0.460 e. The molecule has 24 heavy (non-hydrogen) atoms. The lowest BCUT2D eigenvalue weighted by Gasteiger charge is -2.29. The highest BCUT2D eigenvalue weighted by Gasteiger charge is 2.37. The standard InChI is InChI=1S/C16H24Cl4O4/c1-15(2,3)23-12(21)8-9(13(19)20)10(7-11(17)18)14(22)24-16(4,5)6/h7,9-10,13H,8H2,1-6H3/t9-,10-/m0/s1. The van der Waals surface area contributed by atoms with Crippen LogP contribution in [0.25, 0.3) is 0 Å². The molecule has 8 heteroatoms. The van der Waals surface area contributed by atoms with Crippen molar-refractivity contribution < 1.29 is 19.1 Å². The van der Waals surface area contributed by atoms with Gasteiger partial charge < -0.3 is 9.47 Å². The predicted octanol–water partition coefficient (Wildman–Crippen LogP) is 5.42. The largest absolute Gasteiger partial charge is 0.460 e. The zero-order chi connectivity index (χ0) is 19.3. The summed E-state index contributed by atoms with van der Waals surface area (Å²) in [6, 6.07) is 0. The normalized spacial score (nSPS) is 14.8. The van der Waals surface area contributed by atoms with Crippen molar-refractivity contribution in [1.82, 2.24) is 0 Å². The number of carbonyl (C=O) groups excluding carboxylic acids is 2. The molecule has 0 aromatic heterocycles. The van der Waals surface area contributed by atoms with Crippen LogP contribution in [0.1, 0.15) is 48.0 Å². The van der Waals surface area contributed by atoms with Crippen LogP contribution in [0, 0.1) is 11.8 Å². The highest BCUT2D eigenvalue weighted by molar-refractivity contribution is 6.56. The lowest BCUT2D eigenvalue weighted by molar-refractivity contribution is -0.161. The van der Waals surface area contributed by atoms with Crippen LogP contribution in [0.3, 0.4) is 0 Å². The Labute approximate surface area is 163 Å². The molecule has 0 amide bonds. The summed E-state index contributed by atoms with van der Waals surface area (Å²) >= 11 is 23.4. The van der Waals surface area contributed by atoms with Gasteiger partial charge in [0, 0.05) is 5.92 Å². The van der Waals surface area contributed by atoms with Crippen LogP contribution in [-0.4, -0.2) is 28.0 Å². The molecule has 0 bridgehead atoms. The molecule has 0 rings (SSSR count). The van der Waals surface area contributed by atoms with Gasteiger partial charge in [-0.3, -0.25) is 9.59 Å². The first-order valence-electron chi connectivity index (χ1n) is 7.38. The van der Waals surface area contributed by atoms with Crippen molar-refractivity contribution in [2.75, 3.05) is 0 Å². The van der Waals surface area contributed by atoms with Gasteiger partial charge in [-0.05, 0) is 47.6 Å². The van der Waals surface area contributed by atoms with E-state index in [1.165, 1.54) is 6.08 Å². The lowest BCUT2D eigenvalue weighted by Crippen LogP contribution is -2.36. The fourth-order valence-corrected chi connectivity index (χ4v) is 2.58. The minimum absolute atomic E-state index is 0.144. The molecular weight excluding hydrogens is 398 g/mol. The topological polar surface area (TPSA) is 52.6 Å². The second-order valence-corrected chi connectivity index (χ2v) is 9.48. The van der Waals surface area contributed by atoms with Crippen LogP contribution >= 0.6 is 46.4 Å². The monoisotopic (exact) mass is 420 g/mol. The van der Waals surface area contributed by atoms with Gasteiger partial charge in [-0.15, -0.1) is 23.2 Å². The van der Waals surface area contributed by atoms with E-state index in [2.05, 4.69) is 0 Å². The molecule has 0 aliphatic heterocycles. The molecule has 0 saturated heterocycles. The number of hydrogen-bond donors (Lipinski definition) is 0. The van der Waals surface area contributed by atoms with Crippen molar-refractivity contribution in [2.45, 2.75) is 64.0 Å². The Morgan fingerprint density at radius 2 is 1.42 bits per heavy atom. The summed E-state index contributed by atoms with van der Waals surface area (Å²) in [5.74, 6) is -2.94. The summed E-state index contributed by atoms with van der Waals surface area (Å²) in [5, 5.41) is 0. The van der Waals surface area contributed by atoms with Gasteiger partial charge in [-0.1, -0.05) is 23.2 Å². The second kappa shape index (κ2) is 9.51. The van der Waals surface area contributed by atoms with Crippen LogP contribution in [0.15, 0.2) is 10.6 Å².